The minimum Gasteiger partial charge on any atom is -0.508 e. The summed E-state index contributed by atoms with van der Waals surface area (Å²) in [6, 6.07) is 5.49. The van der Waals surface area contributed by atoms with E-state index in [0.29, 0.717) is 5.39 Å². The molecule has 0 saturated heterocycles. The van der Waals surface area contributed by atoms with Gasteiger partial charge in [-0.3, -0.25) is 0 Å². The zero-order valence-corrected chi connectivity index (χ0v) is 11.1. The second-order valence-corrected chi connectivity index (χ2v) is 4.15. The topological polar surface area (TPSA) is 20.2 Å². The van der Waals surface area contributed by atoms with Gasteiger partial charge in [0.15, 0.2) is 11.6 Å². The molecule has 0 heterocycles. The van der Waals surface area contributed by atoms with Crippen molar-refractivity contribution in [1.29, 1.82) is 0 Å². The average Bonchev–Trinajstić information content (AvgIpc) is 2.36. The zero-order valence-electron chi connectivity index (χ0n) is 11.1. The maximum atomic E-state index is 13.5. The molecule has 1 nitrogen and oxygen atoms in total. The molecule has 0 aliphatic rings. The lowest BCUT2D eigenvalue weighted by Gasteiger charge is -2.11. The van der Waals surface area contributed by atoms with Crippen LogP contribution in [0.15, 0.2) is 24.3 Å². The Morgan fingerprint density at radius 3 is 2.17 bits per heavy atom. The normalized spacial score (nSPS) is 10.4. The minimum atomic E-state index is -0.907. The van der Waals surface area contributed by atoms with Gasteiger partial charge in [-0.1, -0.05) is 33.8 Å². The lowest BCUT2D eigenvalue weighted by Crippen LogP contribution is -1.93. The molecular formula is C15H18F2O. The number of benzene rings is 2. The van der Waals surface area contributed by atoms with Gasteiger partial charge in [-0.2, -0.15) is 0 Å². The number of hydrogen-bond donors (Lipinski definition) is 1. The number of phenolic OH excluding ortho intramolecular Hbond substituents is 1. The Morgan fingerprint density at radius 2 is 1.61 bits per heavy atom. The maximum absolute atomic E-state index is 13.5. The van der Waals surface area contributed by atoms with Crippen molar-refractivity contribution in [2.75, 3.05) is 0 Å². The van der Waals surface area contributed by atoms with E-state index in [-0.39, 0.29) is 17.1 Å². The van der Waals surface area contributed by atoms with E-state index in [1.165, 1.54) is 6.07 Å². The molecule has 1 N–H and O–H groups in total. The number of rotatable bonds is 1. The number of aromatic hydroxyl groups is 1. The summed E-state index contributed by atoms with van der Waals surface area (Å²) in [6.07, 6.45) is 0. The average molecular weight is 252 g/mol. The molecule has 2 aromatic rings. The van der Waals surface area contributed by atoms with Crippen molar-refractivity contribution < 1.29 is 13.9 Å². The largest absolute Gasteiger partial charge is 0.508 e. The highest BCUT2D eigenvalue weighted by atomic mass is 19.2. The van der Waals surface area contributed by atoms with E-state index in [4.69, 9.17) is 0 Å². The molecule has 0 spiro atoms. The fraction of sp³-hybridized carbons (Fsp3) is 0.333. The van der Waals surface area contributed by atoms with E-state index >= 15 is 0 Å². The molecule has 18 heavy (non-hydrogen) atoms. The Hall–Kier alpha value is -1.64. The highest BCUT2D eigenvalue weighted by Crippen LogP contribution is 2.32. The molecule has 3 heteroatoms. The van der Waals surface area contributed by atoms with Crippen molar-refractivity contribution in [3.8, 4) is 5.75 Å². The van der Waals surface area contributed by atoms with Crippen molar-refractivity contribution in [1.82, 2.24) is 0 Å². The summed E-state index contributed by atoms with van der Waals surface area (Å²) < 4.78 is 26.6. The van der Waals surface area contributed by atoms with Gasteiger partial charge in [0.1, 0.15) is 5.75 Å². The summed E-state index contributed by atoms with van der Waals surface area (Å²) in [6.45, 7) is 7.88. The monoisotopic (exact) mass is 252 g/mol. The Morgan fingerprint density at radius 1 is 1.00 bits per heavy atom. The van der Waals surface area contributed by atoms with Crippen molar-refractivity contribution >= 4 is 10.8 Å². The smallest absolute Gasteiger partial charge is 0.166 e. The summed E-state index contributed by atoms with van der Waals surface area (Å²) in [5, 5.41) is 10.3. The van der Waals surface area contributed by atoms with Crippen LogP contribution in [0.25, 0.3) is 10.8 Å². The van der Waals surface area contributed by atoms with E-state index in [1.54, 1.807) is 12.1 Å². The predicted octanol–water partition coefficient (Wildman–Crippen LogP) is 4.97. The van der Waals surface area contributed by atoms with Gasteiger partial charge in [-0.15, -0.1) is 0 Å². The Balaban J connectivity index is 0.000000771. The fourth-order valence-corrected chi connectivity index (χ4v) is 1.86. The summed E-state index contributed by atoms with van der Waals surface area (Å²) in [4.78, 5) is 0. The van der Waals surface area contributed by atoms with Gasteiger partial charge in [0.05, 0.1) is 0 Å². The second kappa shape index (κ2) is 5.80. The fourth-order valence-electron chi connectivity index (χ4n) is 1.86. The zero-order chi connectivity index (χ0) is 13.9. The lowest BCUT2D eigenvalue weighted by molar-refractivity contribution is 0.474. The minimum absolute atomic E-state index is 0.0410. The molecular weight excluding hydrogens is 234 g/mol. The van der Waals surface area contributed by atoms with Crippen molar-refractivity contribution in [2.24, 2.45) is 0 Å². The lowest BCUT2D eigenvalue weighted by atomic mass is 9.95. The van der Waals surface area contributed by atoms with E-state index in [0.717, 1.165) is 11.6 Å². The SMILES string of the molecule is CC.CC(C)c1cc(O)cc2c(F)c(F)ccc12. The van der Waals surface area contributed by atoms with E-state index in [1.807, 2.05) is 27.7 Å². The van der Waals surface area contributed by atoms with Crippen LogP contribution in [-0.2, 0) is 0 Å². The van der Waals surface area contributed by atoms with Crippen LogP contribution in [0.3, 0.4) is 0 Å². The molecule has 0 aliphatic carbocycles. The van der Waals surface area contributed by atoms with E-state index in [9.17, 15) is 13.9 Å². The molecule has 2 rings (SSSR count). The molecule has 0 aliphatic heterocycles. The van der Waals surface area contributed by atoms with Gasteiger partial charge in [0, 0.05) is 5.39 Å². The summed E-state index contributed by atoms with van der Waals surface area (Å²) >= 11 is 0. The van der Waals surface area contributed by atoms with Crippen LogP contribution < -0.4 is 0 Å². The van der Waals surface area contributed by atoms with E-state index in [2.05, 4.69) is 0 Å². The highest BCUT2D eigenvalue weighted by Gasteiger charge is 2.13. The standard InChI is InChI=1S/C13H12F2O.C2H6/c1-7(2)10-5-8(16)6-11-9(10)3-4-12(14)13(11)15;1-2/h3-7,16H,1-2H3;1-2H3. The van der Waals surface area contributed by atoms with E-state index < -0.39 is 11.6 Å². The second-order valence-electron chi connectivity index (χ2n) is 4.15. The van der Waals surface area contributed by atoms with Crippen LogP contribution >= 0.6 is 0 Å². The Kier molecular flexibility index (Phi) is 4.65. The summed E-state index contributed by atoms with van der Waals surface area (Å²) in [7, 11) is 0. The molecule has 0 unspecified atom stereocenters. The molecule has 0 bridgehead atoms. The quantitative estimate of drug-likeness (QED) is 0.759. The van der Waals surface area contributed by atoms with Crippen molar-refractivity contribution in [3.05, 3.63) is 41.5 Å². The maximum Gasteiger partial charge on any atom is 0.166 e. The number of fused-ring (bicyclic) bond motifs is 1. The Labute approximate surface area is 106 Å². The first-order valence-electron chi connectivity index (χ1n) is 6.11. The van der Waals surface area contributed by atoms with Crippen LogP contribution in [-0.4, -0.2) is 5.11 Å². The molecule has 0 radical (unpaired) electrons. The Bertz CT molecular complexity index is 548. The van der Waals surface area contributed by atoms with Crippen molar-refractivity contribution in [3.63, 3.8) is 0 Å². The van der Waals surface area contributed by atoms with Crippen LogP contribution in [0.4, 0.5) is 8.78 Å². The highest BCUT2D eigenvalue weighted by molar-refractivity contribution is 5.88. The van der Waals surface area contributed by atoms with Crippen molar-refractivity contribution in [2.45, 2.75) is 33.6 Å². The third-order valence-electron chi connectivity index (χ3n) is 2.66. The molecule has 0 aromatic heterocycles. The van der Waals surface area contributed by atoms with Crippen LogP contribution in [0, 0.1) is 11.6 Å². The summed E-state index contributed by atoms with van der Waals surface area (Å²) in [5.74, 6) is -1.71. The van der Waals surface area contributed by atoms with Crippen LogP contribution in [0.5, 0.6) is 5.75 Å². The molecule has 0 amide bonds. The molecule has 2 aromatic carbocycles. The molecule has 0 saturated carbocycles. The first-order valence-corrected chi connectivity index (χ1v) is 6.11. The van der Waals surface area contributed by atoms with Gasteiger partial charge in [-0.05, 0) is 35.1 Å². The third kappa shape index (κ3) is 2.61. The first kappa shape index (κ1) is 14.4. The molecule has 98 valence electrons. The summed E-state index contributed by atoms with van der Waals surface area (Å²) in [5.41, 5.74) is 0.814. The molecule has 0 atom stereocenters. The van der Waals surface area contributed by atoms with Crippen LogP contribution in [0.1, 0.15) is 39.2 Å². The van der Waals surface area contributed by atoms with Gasteiger partial charge in [0.25, 0.3) is 0 Å². The van der Waals surface area contributed by atoms with Gasteiger partial charge in [-0.25, -0.2) is 8.78 Å². The van der Waals surface area contributed by atoms with Gasteiger partial charge in [0.2, 0.25) is 0 Å². The van der Waals surface area contributed by atoms with Gasteiger partial charge >= 0.3 is 0 Å². The third-order valence-corrected chi connectivity index (χ3v) is 2.66. The number of hydrogen-bond acceptors (Lipinski definition) is 1. The predicted molar refractivity (Wildman–Crippen MR) is 71.0 cm³/mol. The molecule has 0 fully saturated rings. The van der Waals surface area contributed by atoms with Gasteiger partial charge < -0.3 is 5.11 Å². The van der Waals surface area contributed by atoms with Crippen LogP contribution in [0.2, 0.25) is 0 Å². The number of phenols is 1. The number of halogens is 2. The first-order chi connectivity index (χ1) is 8.50.